The van der Waals surface area contributed by atoms with Crippen molar-refractivity contribution in [2.75, 3.05) is 5.32 Å². The van der Waals surface area contributed by atoms with Crippen LogP contribution in [0.1, 0.15) is 25.7 Å². The van der Waals surface area contributed by atoms with Gasteiger partial charge in [0.2, 0.25) is 0 Å². The number of nitrogens with one attached hydrogen (secondary N) is 1. The molecule has 0 amide bonds. The number of alkyl halides is 3. The molecule has 0 heterocycles. The predicted octanol–water partition coefficient (Wildman–Crippen LogP) is 4.50. The Morgan fingerprint density at radius 2 is 1.84 bits per heavy atom. The molecule has 1 N–H and O–H groups in total. The molecular formula is C13H14F5N. The van der Waals surface area contributed by atoms with Crippen molar-refractivity contribution in [1.82, 2.24) is 0 Å². The molecule has 1 aliphatic rings. The third-order valence-corrected chi connectivity index (χ3v) is 3.43. The van der Waals surface area contributed by atoms with Gasteiger partial charge >= 0.3 is 6.18 Å². The standard InChI is InChI=1S/C13H14F5N/c14-9-4-5-11(15)12(7-9)19-10-3-1-2-8(6-10)13(16,17)18/h4-5,7-8,10,19H,1-3,6H2. The van der Waals surface area contributed by atoms with Crippen LogP contribution in [0.2, 0.25) is 0 Å². The third kappa shape index (κ3) is 3.58. The first kappa shape index (κ1) is 14.1. The second kappa shape index (κ2) is 5.35. The molecule has 1 aromatic rings. The van der Waals surface area contributed by atoms with Crippen LogP contribution in [0.4, 0.5) is 27.6 Å². The largest absolute Gasteiger partial charge is 0.391 e. The minimum Gasteiger partial charge on any atom is -0.380 e. The lowest BCUT2D eigenvalue weighted by Gasteiger charge is -2.31. The second-order valence-electron chi connectivity index (χ2n) is 4.87. The van der Waals surface area contributed by atoms with Gasteiger partial charge in [-0.05, 0) is 37.5 Å². The van der Waals surface area contributed by atoms with Crippen LogP contribution in [-0.4, -0.2) is 12.2 Å². The van der Waals surface area contributed by atoms with Gasteiger partial charge in [-0.25, -0.2) is 8.78 Å². The molecule has 2 unspecified atom stereocenters. The van der Waals surface area contributed by atoms with Crippen LogP contribution in [0.15, 0.2) is 18.2 Å². The molecule has 0 spiro atoms. The van der Waals surface area contributed by atoms with Crippen LogP contribution in [0.25, 0.3) is 0 Å². The van der Waals surface area contributed by atoms with Crippen molar-refractivity contribution < 1.29 is 22.0 Å². The first-order valence-electron chi connectivity index (χ1n) is 6.14. The minimum atomic E-state index is -4.22. The quantitative estimate of drug-likeness (QED) is 0.786. The summed E-state index contributed by atoms with van der Waals surface area (Å²) in [6.45, 7) is 0. The number of halogens is 5. The van der Waals surface area contributed by atoms with Crippen LogP contribution >= 0.6 is 0 Å². The molecule has 6 heteroatoms. The fraction of sp³-hybridized carbons (Fsp3) is 0.538. The van der Waals surface area contributed by atoms with Gasteiger partial charge in [0.05, 0.1) is 11.6 Å². The SMILES string of the molecule is Fc1ccc(F)c(NC2CCCC(C(F)(F)F)C2)c1. The van der Waals surface area contributed by atoms with E-state index in [2.05, 4.69) is 5.32 Å². The maximum absolute atomic E-state index is 13.4. The van der Waals surface area contributed by atoms with Gasteiger partial charge in [-0.1, -0.05) is 6.42 Å². The van der Waals surface area contributed by atoms with Crippen molar-refractivity contribution in [3.8, 4) is 0 Å². The van der Waals surface area contributed by atoms with Crippen LogP contribution in [0.3, 0.4) is 0 Å². The maximum Gasteiger partial charge on any atom is 0.391 e. The molecule has 1 saturated carbocycles. The Kier molecular flexibility index (Phi) is 3.96. The molecule has 0 aliphatic heterocycles. The summed E-state index contributed by atoms with van der Waals surface area (Å²) in [5.74, 6) is -2.64. The van der Waals surface area contributed by atoms with Crippen molar-refractivity contribution >= 4 is 5.69 Å². The van der Waals surface area contributed by atoms with E-state index in [0.717, 1.165) is 18.2 Å². The number of hydrogen-bond donors (Lipinski definition) is 1. The Hall–Kier alpha value is -1.33. The van der Waals surface area contributed by atoms with Crippen LogP contribution in [0, 0.1) is 17.6 Å². The molecule has 1 aromatic carbocycles. The van der Waals surface area contributed by atoms with Crippen molar-refractivity contribution in [3.05, 3.63) is 29.8 Å². The van der Waals surface area contributed by atoms with E-state index < -0.39 is 29.8 Å². The molecule has 106 valence electrons. The van der Waals surface area contributed by atoms with Gasteiger partial charge in [-0.15, -0.1) is 0 Å². The van der Waals surface area contributed by atoms with Crippen LogP contribution < -0.4 is 5.32 Å². The molecule has 2 atom stereocenters. The molecule has 1 nitrogen and oxygen atoms in total. The summed E-state index contributed by atoms with van der Waals surface area (Å²) >= 11 is 0. The van der Waals surface area contributed by atoms with Crippen molar-refractivity contribution in [3.63, 3.8) is 0 Å². The van der Waals surface area contributed by atoms with E-state index in [-0.39, 0.29) is 18.5 Å². The number of hydrogen-bond acceptors (Lipinski definition) is 1. The molecule has 0 saturated heterocycles. The molecule has 1 fully saturated rings. The average Bonchev–Trinajstić information content (AvgIpc) is 2.33. The summed E-state index contributed by atoms with van der Waals surface area (Å²) in [7, 11) is 0. The van der Waals surface area contributed by atoms with Gasteiger partial charge in [-0.3, -0.25) is 0 Å². The van der Waals surface area contributed by atoms with Crippen LogP contribution in [-0.2, 0) is 0 Å². The zero-order valence-electron chi connectivity index (χ0n) is 10.1. The van der Waals surface area contributed by atoms with E-state index >= 15 is 0 Å². The second-order valence-corrected chi connectivity index (χ2v) is 4.87. The Labute approximate surface area is 107 Å². The molecule has 19 heavy (non-hydrogen) atoms. The first-order chi connectivity index (χ1) is 8.86. The maximum atomic E-state index is 13.4. The first-order valence-corrected chi connectivity index (χ1v) is 6.14. The fourth-order valence-electron chi connectivity index (χ4n) is 2.45. The monoisotopic (exact) mass is 279 g/mol. The molecular weight excluding hydrogens is 265 g/mol. The van der Waals surface area contributed by atoms with Crippen molar-refractivity contribution in [1.29, 1.82) is 0 Å². The highest BCUT2D eigenvalue weighted by atomic mass is 19.4. The summed E-state index contributed by atoms with van der Waals surface area (Å²) in [4.78, 5) is 0. The Morgan fingerprint density at radius 1 is 1.11 bits per heavy atom. The fourth-order valence-corrected chi connectivity index (χ4v) is 2.45. The smallest absolute Gasteiger partial charge is 0.380 e. The Bertz CT molecular complexity index is 443. The summed E-state index contributed by atoms with van der Waals surface area (Å²) in [6.07, 6.45) is -3.26. The summed E-state index contributed by atoms with van der Waals surface area (Å²) in [6, 6.07) is 2.42. The molecule has 0 aromatic heterocycles. The number of anilines is 1. The van der Waals surface area contributed by atoms with E-state index in [9.17, 15) is 22.0 Å². The van der Waals surface area contributed by atoms with Crippen molar-refractivity contribution in [2.45, 2.75) is 37.9 Å². The zero-order valence-corrected chi connectivity index (χ0v) is 10.1. The average molecular weight is 279 g/mol. The lowest BCUT2D eigenvalue weighted by atomic mass is 9.85. The summed E-state index contributed by atoms with van der Waals surface area (Å²) < 4.78 is 64.3. The highest BCUT2D eigenvalue weighted by molar-refractivity contribution is 5.45. The van der Waals surface area contributed by atoms with Gasteiger partial charge in [0.15, 0.2) is 0 Å². The lowest BCUT2D eigenvalue weighted by Crippen LogP contribution is -2.34. The van der Waals surface area contributed by atoms with Gasteiger partial charge in [0, 0.05) is 6.04 Å². The van der Waals surface area contributed by atoms with E-state index in [1.807, 2.05) is 0 Å². The van der Waals surface area contributed by atoms with E-state index in [1.165, 1.54) is 0 Å². The Balaban J connectivity index is 2.05. The number of benzene rings is 1. The highest BCUT2D eigenvalue weighted by Gasteiger charge is 2.42. The van der Waals surface area contributed by atoms with Gasteiger partial charge in [-0.2, -0.15) is 13.2 Å². The normalized spacial score (nSPS) is 24.3. The van der Waals surface area contributed by atoms with E-state index in [0.29, 0.717) is 12.8 Å². The lowest BCUT2D eigenvalue weighted by molar-refractivity contribution is -0.182. The zero-order chi connectivity index (χ0) is 14.0. The van der Waals surface area contributed by atoms with Gasteiger partial charge < -0.3 is 5.32 Å². The number of rotatable bonds is 2. The van der Waals surface area contributed by atoms with Crippen molar-refractivity contribution in [2.24, 2.45) is 5.92 Å². The molecule has 0 radical (unpaired) electrons. The summed E-state index contributed by atoms with van der Waals surface area (Å²) in [5, 5.41) is 2.68. The minimum absolute atomic E-state index is 0.0761. The van der Waals surface area contributed by atoms with Gasteiger partial charge in [0.1, 0.15) is 11.6 Å². The topological polar surface area (TPSA) is 12.0 Å². The van der Waals surface area contributed by atoms with E-state index in [4.69, 9.17) is 0 Å². The van der Waals surface area contributed by atoms with E-state index in [1.54, 1.807) is 0 Å². The predicted molar refractivity (Wildman–Crippen MR) is 61.8 cm³/mol. The molecule has 2 rings (SSSR count). The van der Waals surface area contributed by atoms with Crippen LogP contribution in [0.5, 0.6) is 0 Å². The highest BCUT2D eigenvalue weighted by Crippen LogP contribution is 2.38. The molecule has 1 aliphatic carbocycles. The summed E-state index contributed by atoms with van der Waals surface area (Å²) in [5.41, 5.74) is -0.0761. The Morgan fingerprint density at radius 3 is 2.53 bits per heavy atom. The molecule has 0 bridgehead atoms. The van der Waals surface area contributed by atoms with Gasteiger partial charge in [0.25, 0.3) is 0 Å². The third-order valence-electron chi connectivity index (χ3n) is 3.43.